The van der Waals surface area contributed by atoms with Crippen LogP contribution in [0.4, 0.5) is 5.82 Å². The van der Waals surface area contributed by atoms with Crippen LogP contribution >= 0.6 is 0 Å². The van der Waals surface area contributed by atoms with E-state index in [1.165, 1.54) is 0 Å². The fraction of sp³-hybridized carbons (Fsp3) is 0.0667. The Kier molecular flexibility index (Phi) is 3.78. The van der Waals surface area contributed by atoms with Crippen molar-refractivity contribution in [3.05, 3.63) is 60.1 Å². The van der Waals surface area contributed by atoms with Crippen LogP contribution < -0.4 is 11.1 Å². The Bertz CT molecular complexity index is 785. The molecule has 0 unspecified atom stereocenters. The summed E-state index contributed by atoms with van der Waals surface area (Å²) in [4.78, 5) is 19.6. The molecule has 3 rings (SSSR count). The van der Waals surface area contributed by atoms with E-state index in [-0.39, 0.29) is 0 Å². The molecule has 3 aromatic rings. The zero-order chi connectivity index (χ0) is 15.4. The van der Waals surface area contributed by atoms with Crippen LogP contribution in [0.25, 0.3) is 11.4 Å². The molecule has 7 nitrogen and oxygen atoms in total. The van der Waals surface area contributed by atoms with Crippen molar-refractivity contribution in [3.8, 4) is 11.4 Å². The standard InChI is InChI=1S/C15H13N5O2/c16-14(21)11-4-3-7-18-15(11)19-9-10-8-13(20-22-10)12-5-1-2-6-17-12/h1-8H,9H2,(H2,16,21)(H,18,19). The van der Waals surface area contributed by atoms with Crippen LogP contribution in [0.3, 0.4) is 0 Å². The summed E-state index contributed by atoms with van der Waals surface area (Å²) in [5, 5.41) is 6.98. The SMILES string of the molecule is NC(=O)c1cccnc1NCc1cc(-c2ccccn2)no1. The second-order valence-electron chi connectivity index (χ2n) is 4.51. The number of carbonyl (C=O) groups is 1. The van der Waals surface area contributed by atoms with E-state index >= 15 is 0 Å². The maximum absolute atomic E-state index is 11.3. The van der Waals surface area contributed by atoms with Gasteiger partial charge in [0.1, 0.15) is 11.5 Å². The molecule has 0 aliphatic heterocycles. The smallest absolute Gasteiger partial charge is 0.252 e. The predicted octanol–water partition coefficient (Wildman–Crippen LogP) is 1.84. The van der Waals surface area contributed by atoms with Crippen LogP contribution in [0.15, 0.2) is 53.3 Å². The maximum atomic E-state index is 11.3. The second kappa shape index (κ2) is 6.04. The molecule has 3 N–H and O–H groups in total. The van der Waals surface area contributed by atoms with Gasteiger partial charge in [-0.05, 0) is 24.3 Å². The summed E-state index contributed by atoms with van der Waals surface area (Å²) in [7, 11) is 0. The lowest BCUT2D eigenvalue weighted by Crippen LogP contribution is -2.15. The summed E-state index contributed by atoms with van der Waals surface area (Å²) < 4.78 is 5.24. The second-order valence-corrected chi connectivity index (χ2v) is 4.51. The van der Waals surface area contributed by atoms with Crippen LogP contribution in [-0.4, -0.2) is 21.0 Å². The van der Waals surface area contributed by atoms with E-state index in [0.29, 0.717) is 29.4 Å². The number of hydrogen-bond donors (Lipinski definition) is 2. The van der Waals surface area contributed by atoms with E-state index in [2.05, 4.69) is 20.4 Å². The molecular weight excluding hydrogens is 282 g/mol. The van der Waals surface area contributed by atoms with Crippen molar-refractivity contribution in [2.45, 2.75) is 6.54 Å². The van der Waals surface area contributed by atoms with E-state index in [0.717, 1.165) is 5.69 Å². The number of pyridine rings is 2. The van der Waals surface area contributed by atoms with Crippen molar-refractivity contribution in [1.29, 1.82) is 0 Å². The number of nitrogens with zero attached hydrogens (tertiary/aromatic N) is 3. The Morgan fingerprint density at radius 3 is 2.77 bits per heavy atom. The summed E-state index contributed by atoms with van der Waals surface area (Å²) in [6.07, 6.45) is 3.27. The molecule has 22 heavy (non-hydrogen) atoms. The van der Waals surface area contributed by atoms with Gasteiger partial charge in [-0.1, -0.05) is 11.2 Å². The number of primary amides is 1. The minimum Gasteiger partial charge on any atom is -0.365 e. The first-order chi connectivity index (χ1) is 10.7. The number of anilines is 1. The van der Waals surface area contributed by atoms with Gasteiger partial charge in [0.15, 0.2) is 5.76 Å². The molecule has 0 aliphatic rings. The lowest BCUT2D eigenvalue weighted by Gasteiger charge is -2.06. The highest BCUT2D eigenvalue weighted by Gasteiger charge is 2.11. The Morgan fingerprint density at radius 2 is 2.00 bits per heavy atom. The Balaban J connectivity index is 1.73. The number of amides is 1. The summed E-state index contributed by atoms with van der Waals surface area (Å²) in [6.45, 7) is 0.330. The van der Waals surface area contributed by atoms with Gasteiger partial charge in [-0.25, -0.2) is 4.98 Å². The van der Waals surface area contributed by atoms with E-state index < -0.39 is 5.91 Å². The third kappa shape index (κ3) is 2.93. The molecule has 7 heteroatoms. The number of rotatable bonds is 5. The van der Waals surface area contributed by atoms with E-state index in [4.69, 9.17) is 10.3 Å². The molecule has 0 radical (unpaired) electrons. The van der Waals surface area contributed by atoms with E-state index in [9.17, 15) is 4.79 Å². The van der Waals surface area contributed by atoms with Gasteiger partial charge in [-0.2, -0.15) is 0 Å². The Hall–Kier alpha value is -3.22. The lowest BCUT2D eigenvalue weighted by atomic mass is 10.2. The highest BCUT2D eigenvalue weighted by atomic mass is 16.5. The third-order valence-corrected chi connectivity index (χ3v) is 2.99. The minimum absolute atomic E-state index is 0.326. The zero-order valence-corrected chi connectivity index (χ0v) is 11.6. The highest BCUT2D eigenvalue weighted by Crippen LogP contribution is 2.17. The lowest BCUT2D eigenvalue weighted by molar-refractivity contribution is 0.100. The number of nitrogens with one attached hydrogen (secondary N) is 1. The highest BCUT2D eigenvalue weighted by molar-refractivity contribution is 5.97. The van der Waals surface area contributed by atoms with E-state index in [1.54, 1.807) is 30.6 Å². The molecule has 0 fully saturated rings. The van der Waals surface area contributed by atoms with Gasteiger partial charge in [-0.15, -0.1) is 0 Å². The molecule has 3 aromatic heterocycles. The first-order valence-electron chi connectivity index (χ1n) is 6.60. The van der Waals surface area contributed by atoms with Crippen molar-refractivity contribution >= 4 is 11.7 Å². The molecule has 0 saturated carbocycles. The largest absolute Gasteiger partial charge is 0.365 e. The van der Waals surface area contributed by atoms with Gasteiger partial charge in [0, 0.05) is 18.5 Å². The molecule has 0 spiro atoms. The number of aromatic nitrogens is 3. The summed E-state index contributed by atoms with van der Waals surface area (Å²) in [5.74, 6) is 0.467. The molecule has 0 aromatic carbocycles. The molecular formula is C15H13N5O2. The van der Waals surface area contributed by atoms with E-state index in [1.807, 2.05) is 18.2 Å². The number of nitrogens with two attached hydrogens (primary N) is 1. The fourth-order valence-corrected chi connectivity index (χ4v) is 1.95. The number of carbonyl (C=O) groups excluding carboxylic acids is 1. The predicted molar refractivity (Wildman–Crippen MR) is 79.8 cm³/mol. The number of hydrogen-bond acceptors (Lipinski definition) is 6. The average molecular weight is 295 g/mol. The van der Waals surface area contributed by atoms with Crippen LogP contribution in [0.1, 0.15) is 16.1 Å². The molecule has 0 saturated heterocycles. The molecule has 0 bridgehead atoms. The molecule has 110 valence electrons. The van der Waals surface area contributed by atoms with Crippen molar-refractivity contribution in [2.75, 3.05) is 5.32 Å². The van der Waals surface area contributed by atoms with Gasteiger partial charge in [0.05, 0.1) is 17.8 Å². The van der Waals surface area contributed by atoms with Crippen LogP contribution in [0.5, 0.6) is 0 Å². The fourth-order valence-electron chi connectivity index (χ4n) is 1.95. The molecule has 0 atom stereocenters. The summed E-state index contributed by atoms with van der Waals surface area (Å²) in [5.41, 5.74) is 7.00. The monoisotopic (exact) mass is 295 g/mol. The van der Waals surface area contributed by atoms with Crippen molar-refractivity contribution < 1.29 is 9.32 Å². The summed E-state index contributed by atoms with van der Waals surface area (Å²) >= 11 is 0. The Morgan fingerprint density at radius 1 is 1.14 bits per heavy atom. The van der Waals surface area contributed by atoms with Gasteiger partial charge < -0.3 is 15.6 Å². The average Bonchev–Trinajstić information content (AvgIpc) is 3.03. The maximum Gasteiger partial charge on any atom is 0.252 e. The van der Waals surface area contributed by atoms with Gasteiger partial charge in [-0.3, -0.25) is 9.78 Å². The van der Waals surface area contributed by atoms with Crippen LogP contribution in [0.2, 0.25) is 0 Å². The van der Waals surface area contributed by atoms with Crippen molar-refractivity contribution in [2.24, 2.45) is 5.73 Å². The third-order valence-electron chi connectivity index (χ3n) is 2.99. The molecule has 3 heterocycles. The van der Waals surface area contributed by atoms with Gasteiger partial charge in [0.25, 0.3) is 5.91 Å². The van der Waals surface area contributed by atoms with Gasteiger partial charge >= 0.3 is 0 Å². The summed E-state index contributed by atoms with van der Waals surface area (Å²) in [6, 6.07) is 10.6. The van der Waals surface area contributed by atoms with Crippen LogP contribution in [0, 0.1) is 0 Å². The van der Waals surface area contributed by atoms with Gasteiger partial charge in [0.2, 0.25) is 0 Å². The first-order valence-corrected chi connectivity index (χ1v) is 6.60. The minimum atomic E-state index is -0.539. The van der Waals surface area contributed by atoms with Crippen molar-refractivity contribution in [3.63, 3.8) is 0 Å². The quantitative estimate of drug-likeness (QED) is 0.743. The molecule has 1 amide bonds. The normalized spacial score (nSPS) is 10.4. The van der Waals surface area contributed by atoms with Crippen molar-refractivity contribution in [1.82, 2.24) is 15.1 Å². The zero-order valence-electron chi connectivity index (χ0n) is 11.6. The topological polar surface area (TPSA) is 107 Å². The molecule has 0 aliphatic carbocycles. The van der Waals surface area contributed by atoms with Crippen LogP contribution in [-0.2, 0) is 6.54 Å². The Labute approximate surface area is 126 Å². The first kappa shape index (κ1) is 13.7.